The van der Waals surface area contributed by atoms with Crippen molar-refractivity contribution in [2.75, 3.05) is 26.2 Å². The van der Waals surface area contributed by atoms with Gasteiger partial charge in [0.2, 0.25) is 20.0 Å². The Labute approximate surface area is 262 Å². The summed E-state index contributed by atoms with van der Waals surface area (Å²) < 4.78 is 58.4. The molecule has 0 unspecified atom stereocenters. The molecule has 0 fully saturated rings. The normalized spacial score (nSPS) is 16.8. The highest BCUT2D eigenvalue weighted by Gasteiger charge is 2.27. The molecule has 2 bridgehead atoms. The predicted molar refractivity (Wildman–Crippen MR) is 175 cm³/mol. The van der Waals surface area contributed by atoms with Gasteiger partial charge in [0.25, 0.3) is 0 Å². The first-order valence-corrected chi connectivity index (χ1v) is 18.0. The molecule has 44 heavy (non-hydrogen) atoms. The van der Waals surface area contributed by atoms with Gasteiger partial charge in [-0.1, -0.05) is 90.0 Å². The lowest BCUT2D eigenvalue weighted by Gasteiger charge is -2.27. The van der Waals surface area contributed by atoms with E-state index in [-0.39, 0.29) is 22.9 Å². The Kier molecular flexibility index (Phi) is 10.3. The Bertz CT molecular complexity index is 1610. The van der Waals surface area contributed by atoms with Crippen LogP contribution < -0.4 is 0 Å². The van der Waals surface area contributed by atoms with E-state index in [0.717, 1.165) is 27.8 Å². The number of hydrogen-bond acceptors (Lipinski definition) is 5. The van der Waals surface area contributed by atoms with Crippen LogP contribution in [0.3, 0.4) is 0 Å². The van der Waals surface area contributed by atoms with Crippen molar-refractivity contribution >= 4 is 20.0 Å². The van der Waals surface area contributed by atoms with Gasteiger partial charge in [0.05, 0.1) is 9.79 Å². The van der Waals surface area contributed by atoms with E-state index in [1.807, 2.05) is 80.6 Å². The van der Waals surface area contributed by atoms with Crippen LogP contribution in [0.15, 0.2) is 113 Å². The lowest BCUT2D eigenvalue weighted by molar-refractivity contribution is 0.239. The fourth-order valence-electron chi connectivity index (χ4n) is 5.50. The second-order valence-electron chi connectivity index (χ2n) is 11.6. The van der Waals surface area contributed by atoms with Crippen molar-refractivity contribution in [3.8, 4) is 0 Å². The quantitative estimate of drug-likeness (QED) is 0.262. The molecule has 0 spiro atoms. The van der Waals surface area contributed by atoms with E-state index in [4.69, 9.17) is 0 Å². The maximum Gasteiger partial charge on any atom is 0.243 e. The molecule has 4 aromatic carbocycles. The maximum atomic E-state index is 13.8. The standard InChI is InChI=1S/C35H41N3O4S2/c1-29-10-18-34(19-11-29)43(39,40)37-24-6-22-36(26-31-8-4-3-5-9-31)23-7-25-38(28-33-16-14-32(27-37)15-17-33)44(41,42)35-20-12-30(2)13-21-35/h3-5,8-21H,6-7,22-28H2,1-2H3. The first-order chi connectivity index (χ1) is 21.1. The molecule has 2 heterocycles. The third kappa shape index (κ3) is 8.02. The lowest BCUT2D eigenvalue weighted by Crippen LogP contribution is -2.35. The van der Waals surface area contributed by atoms with Crippen molar-refractivity contribution in [1.29, 1.82) is 0 Å². The molecule has 0 amide bonds. The third-order valence-electron chi connectivity index (χ3n) is 8.07. The van der Waals surface area contributed by atoms with Gasteiger partial charge in [0, 0.05) is 32.7 Å². The van der Waals surface area contributed by atoms with Crippen LogP contribution in [0.4, 0.5) is 0 Å². The number of fused-ring (bicyclic) bond motifs is 12. The van der Waals surface area contributed by atoms with Crippen LogP contribution in [0.1, 0.15) is 40.7 Å². The average molecular weight is 632 g/mol. The molecule has 0 atom stereocenters. The third-order valence-corrected chi connectivity index (χ3v) is 11.8. The monoisotopic (exact) mass is 631 g/mol. The minimum absolute atomic E-state index is 0.237. The van der Waals surface area contributed by atoms with Crippen LogP contribution >= 0.6 is 0 Å². The van der Waals surface area contributed by atoms with Crippen LogP contribution in [0.5, 0.6) is 0 Å². The maximum absolute atomic E-state index is 13.8. The molecule has 9 heteroatoms. The van der Waals surface area contributed by atoms with Crippen LogP contribution in [0.2, 0.25) is 0 Å². The Morgan fingerprint density at radius 3 is 1.34 bits per heavy atom. The Hall–Kier alpha value is -3.34. The van der Waals surface area contributed by atoms with Gasteiger partial charge in [-0.25, -0.2) is 16.8 Å². The Balaban J connectivity index is 1.46. The highest BCUT2D eigenvalue weighted by Crippen LogP contribution is 2.23. The number of hydrogen-bond donors (Lipinski definition) is 0. The fourth-order valence-corrected chi connectivity index (χ4v) is 8.43. The SMILES string of the molecule is Cc1ccc(S(=O)(=O)N2CCCN(Cc3ccccc3)CCCN(S(=O)(=O)c3ccc(C)cc3)Cc3ccc(cc3)C2)cc1. The molecule has 0 N–H and O–H groups in total. The van der Waals surface area contributed by atoms with Gasteiger partial charge in [-0.2, -0.15) is 8.61 Å². The molecule has 2 aliphatic heterocycles. The minimum atomic E-state index is -3.72. The summed E-state index contributed by atoms with van der Waals surface area (Å²) in [6, 6.07) is 31.8. The van der Waals surface area contributed by atoms with Gasteiger partial charge >= 0.3 is 0 Å². The van der Waals surface area contributed by atoms with Crippen LogP contribution in [0.25, 0.3) is 0 Å². The minimum Gasteiger partial charge on any atom is -0.299 e. The summed E-state index contributed by atoms with van der Waals surface area (Å²) in [7, 11) is -7.45. The van der Waals surface area contributed by atoms with Crippen LogP contribution in [-0.4, -0.2) is 56.5 Å². The molecule has 0 aliphatic carbocycles. The van der Waals surface area contributed by atoms with Crippen molar-refractivity contribution in [3.05, 3.63) is 131 Å². The number of sulfonamides is 2. The molecule has 6 rings (SSSR count). The van der Waals surface area contributed by atoms with Gasteiger partial charge in [-0.15, -0.1) is 0 Å². The zero-order chi connectivity index (χ0) is 31.2. The van der Waals surface area contributed by atoms with E-state index in [1.165, 1.54) is 0 Å². The summed E-state index contributed by atoms with van der Waals surface area (Å²) in [5.41, 5.74) is 4.89. The van der Waals surface area contributed by atoms with E-state index >= 15 is 0 Å². The lowest BCUT2D eigenvalue weighted by atomic mass is 10.1. The molecule has 232 valence electrons. The van der Waals surface area contributed by atoms with Crippen LogP contribution in [0, 0.1) is 13.8 Å². The van der Waals surface area contributed by atoms with Crippen molar-refractivity contribution in [2.24, 2.45) is 0 Å². The van der Waals surface area contributed by atoms with E-state index in [0.29, 0.717) is 45.6 Å². The molecule has 2 aliphatic rings. The second-order valence-corrected chi connectivity index (χ2v) is 15.5. The average Bonchev–Trinajstić information content (AvgIpc) is 3.02. The highest BCUT2D eigenvalue weighted by atomic mass is 32.2. The molecular formula is C35H41N3O4S2. The molecule has 4 aromatic rings. The molecule has 0 radical (unpaired) electrons. The van der Waals surface area contributed by atoms with E-state index in [1.54, 1.807) is 32.9 Å². The highest BCUT2D eigenvalue weighted by molar-refractivity contribution is 7.89. The molecule has 7 nitrogen and oxygen atoms in total. The van der Waals surface area contributed by atoms with Crippen molar-refractivity contribution in [2.45, 2.75) is 56.1 Å². The molecule has 0 saturated heterocycles. The molecule has 0 saturated carbocycles. The fraction of sp³-hybridized carbons (Fsp3) is 0.314. The summed E-state index contributed by atoms with van der Waals surface area (Å²) in [6.45, 7) is 7.16. The number of aryl methyl sites for hydroxylation is 2. The largest absolute Gasteiger partial charge is 0.299 e. The first-order valence-electron chi connectivity index (χ1n) is 15.1. The van der Waals surface area contributed by atoms with Gasteiger partial charge in [0.1, 0.15) is 0 Å². The molecule has 0 aromatic heterocycles. The van der Waals surface area contributed by atoms with Crippen molar-refractivity contribution in [3.63, 3.8) is 0 Å². The van der Waals surface area contributed by atoms with Gasteiger partial charge < -0.3 is 0 Å². The Morgan fingerprint density at radius 2 is 0.932 bits per heavy atom. The number of benzene rings is 4. The van der Waals surface area contributed by atoms with Gasteiger partial charge in [-0.05, 0) is 80.7 Å². The Morgan fingerprint density at radius 1 is 0.523 bits per heavy atom. The zero-order valence-electron chi connectivity index (χ0n) is 25.5. The number of rotatable bonds is 6. The summed E-state index contributed by atoms with van der Waals surface area (Å²) in [4.78, 5) is 2.87. The smallest absolute Gasteiger partial charge is 0.243 e. The predicted octanol–water partition coefficient (Wildman–Crippen LogP) is 5.98. The van der Waals surface area contributed by atoms with Gasteiger partial charge in [-0.3, -0.25) is 4.90 Å². The van der Waals surface area contributed by atoms with Crippen molar-refractivity contribution < 1.29 is 16.8 Å². The summed E-state index contributed by atoms with van der Waals surface area (Å²) in [5.74, 6) is 0. The summed E-state index contributed by atoms with van der Waals surface area (Å²) in [5, 5.41) is 0. The van der Waals surface area contributed by atoms with E-state index < -0.39 is 20.0 Å². The molecular weight excluding hydrogens is 591 g/mol. The van der Waals surface area contributed by atoms with E-state index in [9.17, 15) is 16.8 Å². The second kappa shape index (κ2) is 14.2. The summed E-state index contributed by atoms with van der Waals surface area (Å²) in [6.07, 6.45) is 1.28. The van der Waals surface area contributed by atoms with E-state index in [2.05, 4.69) is 17.0 Å². The van der Waals surface area contributed by atoms with Crippen LogP contribution in [-0.2, 0) is 39.7 Å². The topological polar surface area (TPSA) is 78.0 Å². The van der Waals surface area contributed by atoms with Gasteiger partial charge in [0.15, 0.2) is 0 Å². The number of nitrogens with zero attached hydrogens (tertiary/aromatic N) is 3. The first kappa shape index (κ1) is 32.1. The summed E-state index contributed by atoms with van der Waals surface area (Å²) >= 11 is 0. The zero-order valence-corrected chi connectivity index (χ0v) is 27.1. The van der Waals surface area contributed by atoms with Crippen molar-refractivity contribution in [1.82, 2.24) is 13.5 Å².